The van der Waals surface area contributed by atoms with Crippen LogP contribution in [-0.4, -0.2) is 48.6 Å². The molecule has 1 heterocycles. The van der Waals surface area contributed by atoms with Crippen LogP contribution in [0.15, 0.2) is 30.3 Å². The van der Waals surface area contributed by atoms with Crippen molar-refractivity contribution in [2.75, 3.05) is 32.7 Å². The molecule has 2 atom stereocenters. The summed E-state index contributed by atoms with van der Waals surface area (Å²) in [6.07, 6.45) is 3.61. The van der Waals surface area contributed by atoms with Gasteiger partial charge in [0.1, 0.15) is 0 Å². The van der Waals surface area contributed by atoms with Crippen molar-refractivity contribution in [1.29, 1.82) is 0 Å². The van der Waals surface area contributed by atoms with Crippen molar-refractivity contribution in [3.8, 4) is 0 Å². The minimum absolute atomic E-state index is 0.515. The molecule has 1 saturated heterocycles. The average molecular weight is 289 g/mol. The predicted molar refractivity (Wildman–Crippen MR) is 90.4 cm³/mol. The number of nitrogens with zero attached hydrogens (tertiary/aromatic N) is 2. The van der Waals surface area contributed by atoms with Crippen LogP contribution >= 0.6 is 0 Å². The van der Waals surface area contributed by atoms with Crippen LogP contribution < -0.4 is 5.73 Å². The molecule has 1 aromatic carbocycles. The highest BCUT2D eigenvalue weighted by Crippen LogP contribution is 2.22. The van der Waals surface area contributed by atoms with Crippen molar-refractivity contribution >= 4 is 0 Å². The minimum Gasteiger partial charge on any atom is -0.330 e. The van der Waals surface area contributed by atoms with Crippen molar-refractivity contribution in [3.05, 3.63) is 35.9 Å². The summed E-state index contributed by atoms with van der Waals surface area (Å²) in [6.45, 7) is 10.2. The van der Waals surface area contributed by atoms with Crippen LogP contribution in [0.1, 0.15) is 44.7 Å². The second-order valence-corrected chi connectivity index (χ2v) is 6.15. The molecule has 3 nitrogen and oxygen atoms in total. The van der Waals surface area contributed by atoms with Gasteiger partial charge in [0.15, 0.2) is 0 Å². The molecule has 0 spiro atoms. The molecule has 2 N–H and O–H groups in total. The van der Waals surface area contributed by atoms with E-state index in [1.54, 1.807) is 0 Å². The Labute approximate surface area is 130 Å². The topological polar surface area (TPSA) is 32.5 Å². The van der Waals surface area contributed by atoms with E-state index in [0.717, 1.165) is 19.5 Å². The maximum Gasteiger partial charge on any atom is 0.0320 e. The molecule has 2 unspecified atom stereocenters. The molecule has 0 bridgehead atoms. The number of hydrogen-bond acceptors (Lipinski definition) is 3. The molecule has 118 valence electrons. The van der Waals surface area contributed by atoms with Gasteiger partial charge >= 0.3 is 0 Å². The lowest BCUT2D eigenvalue weighted by Crippen LogP contribution is -2.39. The van der Waals surface area contributed by atoms with Crippen LogP contribution in [0.2, 0.25) is 0 Å². The lowest BCUT2D eigenvalue weighted by molar-refractivity contribution is 0.174. The molecule has 0 aliphatic carbocycles. The molecule has 1 fully saturated rings. The molecule has 0 aromatic heterocycles. The minimum atomic E-state index is 0.515. The van der Waals surface area contributed by atoms with E-state index < -0.39 is 0 Å². The van der Waals surface area contributed by atoms with E-state index >= 15 is 0 Å². The molecule has 1 aliphatic rings. The Hall–Kier alpha value is -0.900. The fourth-order valence-electron chi connectivity index (χ4n) is 3.49. The quantitative estimate of drug-likeness (QED) is 0.874. The van der Waals surface area contributed by atoms with E-state index in [1.807, 2.05) is 0 Å². The van der Waals surface area contributed by atoms with Gasteiger partial charge in [-0.05, 0) is 44.8 Å². The third-order valence-electron chi connectivity index (χ3n) is 4.88. The first-order chi connectivity index (χ1) is 10.3. The smallest absolute Gasteiger partial charge is 0.0320 e. The Morgan fingerprint density at radius 2 is 1.71 bits per heavy atom. The third kappa shape index (κ3) is 4.53. The normalized spacial score (nSPS) is 20.9. The Morgan fingerprint density at radius 1 is 1.05 bits per heavy atom. The van der Waals surface area contributed by atoms with Crippen molar-refractivity contribution in [2.45, 2.75) is 45.2 Å². The fourth-order valence-corrected chi connectivity index (χ4v) is 3.49. The van der Waals surface area contributed by atoms with Gasteiger partial charge in [-0.25, -0.2) is 0 Å². The summed E-state index contributed by atoms with van der Waals surface area (Å²) >= 11 is 0. The second kappa shape index (κ2) is 8.52. The number of benzene rings is 1. The van der Waals surface area contributed by atoms with Gasteiger partial charge in [-0.2, -0.15) is 0 Å². The van der Waals surface area contributed by atoms with Crippen LogP contribution in [0, 0.1) is 0 Å². The standard InChI is InChI=1S/C18H31N3/c1-3-18(10-11-19)21-13-7-12-20(14-15-21)16(2)17-8-5-4-6-9-17/h4-6,8-9,16,18H,3,7,10-15,19H2,1-2H3. The van der Waals surface area contributed by atoms with Crippen LogP contribution in [-0.2, 0) is 0 Å². The number of hydrogen-bond donors (Lipinski definition) is 1. The van der Waals surface area contributed by atoms with Crippen molar-refractivity contribution in [2.24, 2.45) is 5.73 Å². The fraction of sp³-hybridized carbons (Fsp3) is 0.667. The zero-order valence-electron chi connectivity index (χ0n) is 13.7. The van der Waals surface area contributed by atoms with E-state index in [4.69, 9.17) is 5.73 Å². The maximum atomic E-state index is 5.77. The number of nitrogens with two attached hydrogens (primary N) is 1. The first-order valence-electron chi connectivity index (χ1n) is 8.49. The van der Waals surface area contributed by atoms with Gasteiger partial charge < -0.3 is 5.73 Å². The monoisotopic (exact) mass is 289 g/mol. The largest absolute Gasteiger partial charge is 0.330 e. The van der Waals surface area contributed by atoms with Gasteiger partial charge in [0.2, 0.25) is 0 Å². The highest BCUT2D eigenvalue weighted by Gasteiger charge is 2.23. The van der Waals surface area contributed by atoms with Crippen LogP contribution in [0.3, 0.4) is 0 Å². The second-order valence-electron chi connectivity index (χ2n) is 6.15. The van der Waals surface area contributed by atoms with Gasteiger partial charge in [0, 0.05) is 31.7 Å². The summed E-state index contributed by atoms with van der Waals surface area (Å²) in [5, 5.41) is 0. The molecular formula is C18H31N3. The van der Waals surface area contributed by atoms with Crippen LogP contribution in [0.4, 0.5) is 0 Å². The molecule has 1 aliphatic heterocycles. The third-order valence-corrected chi connectivity index (χ3v) is 4.88. The van der Waals surface area contributed by atoms with E-state index in [1.165, 1.54) is 38.0 Å². The summed E-state index contributed by atoms with van der Waals surface area (Å²) in [6, 6.07) is 12.1. The number of rotatable bonds is 6. The first-order valence-corrected chi connectivity index (χ1v) is 8.49. The summed E-state index contributed by atoms with van der Waals surface area (Å²) < 4.78 is 0. The summed E-state index contributed by atoms with van der Waals surface area (Å²) in [5.74, 6) is 0. The molecular weight excluding hydrogens is 258 g/mol. The molecule has 2 rings (SSSR count). The molecule has 0 amide bonds. The van der Waals surface area contributed by atoms with E-state index in [-0.39, 0.29) is 0 Å². The zero-order valence-corrected chi connectivity index (χ0v) is 13.7. The summed E-state index contributed by atoms with van der Waals surface area (Å²) in [7, 11) is 0. The Kier molecular flexibility index (Phi) is 6.68. The summed E-state index contributed by atoms with van der Waals surface area (Å²) in [4.78, 5) is 5.29. The average Bonchev–Trinajstić information content (AvgIpc) is 2.78. The Morgan fingerprint density at radius 3 is 2.38 bits per heavy atom. The van der Waals surface area contributed by atoms with Gasteiger partial charge in [0.25, 0.3) is 0 Å². The lowest BCUT2D eigenvalue weighted by Gasteiger charge is -2.31. The van der Waals surface area contributed by atoms with Gasteiger partial charge in [-0.15, -0.1) is 0 Å². The molecule has 3 heteroatoms. The van der Waals surface area contributed by atoms with Gasteiger partial charge in [0.05, 0.1) is 0 Å². The Bertz CT molecular complexity index is 393. The SMILES string of the molecule is CCC(CCN)N1CCCN(C(C)c2ccccc2)CC1. The predicted octanol–water partition coefficient (Wildman–Crippen LogP) is 2.88. The van der Waals surface area contributed by atoms with Crippen molar-refractivity contribution in [1.82, 2.24) is 9.80 Å². The molecule has 21 heavy (non-hydrogen) atoms. The molecule has 0 saturated carbocycles. The lowest BCUT2D eigenvalue weighted by atomic mass is 10.1. The van der Waals surface area contributed by atoms with Crippen LogP contribution in [0.25, 0.3) is 0 Å². The van der Waals surface area contributed by atoms with Gasteiger partial charge in [-0.1, -0.05) is 37.3 Å². The van der Waals surface area contributed by atoms with E-state index in [9.17, 15) is 0 Å². The zero-order chi connectivity index (χ0) is 15.1. The highest BCUT2D eigenvalue weighted by atomic mass is 15.2. The van der Waals surface area contributed by atoms with Crippen molar-refractivity contribution in [3.63, 3.8) is 0 Å². The highest BCUT2D eigenvalue weighted by molar-refractivity contribution is 5.18. The Balaban J connectivity index is 1.94. The molecule has 0 radical (unpaired) electrons. The molecule has 1 aromatic rings. The van der Waals surface area contributed by atoms with Crippen molar-refractivity contribution < 1.29 is 0 Å². The van der Waals surface area contributed by atoms with Gasteiger partial charge in [-0.3, -0.25) is 9.80 Å². The first kappa shape index (κ1) is 16.5. The van der Waals surface area contributed by atoms with E-state index in [0.29, 0.717) is 12.1 Å². The summed E-state index contributed by atoms with van der Waals surface area (Å²) in [5.41, 5.74) is 7.20. The van der Waals surface area contributed by atoms with Crippen LogP contribution in [0.5, 0.6) is 0 Å². The van der Waals surface area contributed by atoms with E-state index in [2.05, 4.69) is 54.0 Å². The maximum absolute atomic E-state index is 5.77.